The van der Waals surface area contributed by atoms with Crippen molar-refractivity contribution in [3.8, 4) is 0 Å². The van der Waals surface area contributed by atoms with E-state index in [2.05, 4.69) is 15.7 Å². The van der Waals surface area contributed by atoms with Crippen LogP contribution in [0.3, 0.4) is 0 Å². The Labute approximate surface area is 145 Å². The van der Waals surface area contributed by atoms with Gasteiger partial charge in [0.15, 0.2) is 5.11 Å². The van der Waals surface area contributed by atoms with Gasteiger partial charge in [0.1, 0.15) is 0 Å². The first kappa shape index (κ1) is 17.6. The first-order chi connectivity index (χ1) is 11.5. The Morgan fingerprint density at radius 2 is 1.92 bits per heavy atom. The summed E-state index contributed by atoms with van der Waals surface area (Å²) >= 11 is 5.11. The first-order valence-electron chi connectivity index (χ1n) is 7.45. The minimum Gasteiger partial charge on any atom is -0.462 e. The zero-order chi connectivity index (χ0) is 17.5. The van der Waals surface area contributed by atoms with Crippen molar-refractivity contribution in [1.29, 1.82) is 0 Å². The number of nitrogens with zero attached hydrogens (tertiary/aromatic N) is 2. The van der Waals surface area contributed by atoms with Gasteiger partial charge in [0.25, 0.3) is 5.91 Å². The molecule has 0 saturated carbocycles. The van der Waals surface area contributed by atoms with E-state index < -0.39 is 0 Å². The van der Waals surface area contributed by atoms with Gasteiger partial charge in [-0.3, -0.25) is 14.8 Å². The van der Waals surface area contributed by atoms with Crippen LogP contribution < -0.4 is 10.6 Å². The van der Waals surface area contributed by atoms with Crippen LogP contribution in [0.25, 0.3) is 0 Å². The maximum atomic E-state index is 12.0. The second kappa shape index (κ2) is 8.21. The lowest BCUT2D eigenvalue weighted by Crippen LogP contribution is -2.33. The van der Waals surface area contributed by atoms with Crippen LogP contribution in [-0.4, -0.2) is 33.4 Å². The Balaban J connectivity index is 1.92. The van der Waals surface area contributed by atoms with Crippen molar-refractivity contribution in [3.63, 3.8) is 0 Å². The second-order valence-corrected chi connectivity index (χ2v) is 5.20. The molecule has 0 fully saturated rings. The molecule has 2 N–H and O–H groups in total. The third-order valence-corrected chi connectivity index (χ3v) is 3.30. The summed E-state index contributed by atoms with van der Waals surface area (Å²) in [6.45, 7) is 4.69. The molecule has 0 spiro atoms. The van der Waals surface area contributed by atoms with Crippen LogP contribution in [0.15, 0.2) is 36.7 Å². The van der Waals surface area contributed by atoms with Gasteiger partial charge in [0.05, 0.1) is 23.9 Å². The van der Waals surface area contributed by atoms with Gasteiger partial charge in [-0.05, 0) is 50.3 Å². The summed E-state index contributed by atoms with van der Waals surface area (Å²) in [5.41, 5.74) is 1.53. The molecule has 7 nitrogen and oxygen atoms in total. The summed E-state index contributed by atoms with van der Waals surface area (Å²) in [5, 5.41) is 9.65. The molecule has 0 aliphatic rings. The lowest BCUT2D eigenvalue weighted by atomic mass is 10.2. The largest absolute Gasteiger partial charge is 0.462 e. The highest BCUT2D eigenvalue weighted by Crippen LogP contribution is 2.10. The summed E-state index contributed by atoms with van der Waals surface area (Å²) in [5.74, 6) is -0.719. The van der Waals surface area contributed by atoms with Crippen LogP contribution >= 0.6 is 12.2 Å². The summed E-state index contributed by atoms with van der Waals surface area (Å²) in [6, 6.07) is 6.60. The van der Waals surface area contributed by atoms with E-state index in [4.69, 9.17) is 17.0 Å². The van der Waals surface area contributed by atoms with Crippen molar-refractivity contribution in [3.05, 3.63) is 47.8 Å². The highest BCUT2D eigenvalue weighted by molar-refractivity contribution is 7.80. The highest BCUT2D eigenvalue weighted by atomic mass is 32.1. The summed E-state index contributed by atoms with van der Waals surface area (Å²) in [4.78, 5) is 23.6. The Hall–Kier alpha value is -2.74. The molecule has 2 aromatic rings. The first-order valence-corrected chi connectivity index (χ1v) is 7.86. The van der Waals surface area contributed by atoms with Crippen LogP contribution in [0.5, 0.6) is 0 Å². The monoisotopic (exact) mass is 346 g/mol. The molecule has 1 heterocycles. The Kier molecular flexibility index (Phi) is 6.02. The quantitative estimate of drug-likeness (QED) is 0.638. The molecule has 0 radical (unpaired) electrons. The molecular weight excluding hydrogens is 328 g/mol. The molecule has 0 bridgehead atoms. The molecule has 1 aromatic heterocycles. The van der Waals surface area contributed by atoms with Gasteiger partial charge >= 0.3 is 5.97 Å². The predicted octanol–water partition coefficient (Wildman–Crippen LogP) is 2.21. The molecule has 0 saturated heterocycles. The van der Waals surface area contributed by atoms with Crippen molar-refractivity contribution >= 4 is 34.9 Å². The highest BCUT2D eigenvalue weighted by Gasteiger charge is 2.11. The predicted molar refractivity (Wildman–Crippen MR) is 94.0 cm³/mol. The van der Waals surface area contributed by atoms with E-state index in [-0.39, 0.29) is 17.0 Å². The van der Waals surface area contributed by atoms with Crippen LogP contribution in [0.1, 0.15) is 34.6 Å². The number of aryl methyl sites for hydroxylation is 1. The maximum absolute atomic E-state index is 12.0. The lowest BCUT2D eigenvalue weighted by molar-refractivity contribution is 0.0526. The zero-order valence-electron chi connectivity index (χ0n) is 13.4. The van der Waals surface area contributed by atoms with Gasteiger partial charge in [0, 0.05) is 18.4 Å². The van der Waals surface area contributed by atoms with Crippen molar-refractivity contribution in [1.82, 2.24) is 15.1 Å². The van der Waals surface area contributed by atoms with Crippen LogP contribution in [-0.2, 0) is 11.3 Å². The molecule has 0 aliphatic heterocycles. The van der Waals surface area contributed by atoms with Crippen LogP contribution in [0.4, 0.5) is 5.69 Å². The number of carbonyl (C=O) groups excluding carboxylic acids is 2. The topological polar surface area (TPSA) is 85.2 Å². The van der Waals surface area contributed by atoms with E-state index in [1.54, 1.807) is 42.1 Å². The van der Waals surface area contributed by atoms with Gasteiger partial charge in [-0.1, -0.05) is 0 Å². The third kappa shape index (κ3) is 4.63. The number of hydrogen-bond donors (Lipinski definition) is 2. The molecule has 0 aliphatic carbocycles. The smallest absolute Gasteiger partial charge is 0.338 e. The molecule has 0 atom stereocenters. The number of thiocarbonyl (C=S) groups is 1. The van der Waals surface area contributed by atoms with Gasteiger partial charge in [-0.2, -0.15) is 5.10 Å². The number of esters is 1. The number of hydrogen-bond acceptors (Lipinski definition) is 5. The van der Waals surface area contributed by atoms with Gasteiger partial charge in [0.2, 0.25) is 0 Å². The minimum absolute atomic E-state index is 0.160. The second-order valence-electron chi connectivity index (χ2n) is 4.79. The molecule has 8 heteroatoms. The van der Waals surface area contributed by atoms with E-state index >= 15 is 0 Å². The van der Waals surface area contributed by atoms with Crippen molar-refractivity contribution in [2.45, 2.75) is 20.4 Å². The third-order valence-electron chi connectivity index (χ3n) is 3.10. The molecule has 0 unspecified atom stereocenters. The fourth-order valence-electron chi connectivity index (χ4n) is 1.90. The van der Waals surface area contributed by atoms with E-state index in [9.17, 15) is 9.59 Å². The number of ether oxygens (including phenoxy) is 1. The average molecular weight is 346 g/mol. The molecule has 1 aromatic carbocycles. The molecule has 1 amide bonds. The number of benzene rings is 1. The molecule has 126 valence electrons. The lowest BCUT2D eigenvalue weighted by Gasteiger charge is -2.09. The number of rotatable bonds is 5. The van der Waals surface area contributed by atoms with Gasteiger partial charge in [-0.25, -0.2) is 4.79 Å². The van der Waals surface area contributed by atoms with Crippen molar-refractivity contribution < 1.29 is 14.3 Å². The Bertz CT molecular complexity index is 740. The molecule has 2 rings (SSSR count). The zero-order valence-corrected chi connectivity index (χ0v) is 14.2. The summed E-state index contributed by atoms with van der Waals surface area (Å²) < 4.78 is 6.56. The van der Waals surface area contributed by atoms with Gasteiger partial charge in [-0.15, -0.1) is 0 Å². The normalized spacial score (nSPS) is 10.1. The number of anilines is 1. The van der Waals surface area contributed by atoms with E-state index in [0.717, 1.165) is 0 Å². The number of aromatic nitrogens is 2. The maximum Gasteiger partial charge on any atom is 0.338 e. The summed E-state index contributed by atoms with van der Waals surface area (Å²) in [6.07, 6.45) is 3.13. The standard InChI is InChI=1S/C16H18N4O3S/c1-3-20-10-12(9-17-20)14(21)19-16(24)18-13-7-5-11(6-8-13)15(22)23-4-2/h5-10H,3-4H2,1-2H3,(H2,18,19,21,24). The Morgan fingerprint density at radius 3 is 2.50 bits per heavy atom. The average Bonchev–Trinajstić information content (AvgIpc) is 3.05. The molecular formula is C16H18N4O3S. The summed E-state index contributed by atoms with van der Waals surface area (Å²) in [7, 11) is 0. The number of amides is 1. The molecule has 24 heavy (non-hydrogen) atoms. The van der Waals surface area contributed by atoms with Crippen molar-refractivity contribution in [2.24, 2.45) is 0 Å². The number of carbonyl (C=O) groups is 2. The SMILES string of the molecule is CCOC(=O)c1ccc(NC(=S)NC(=O)c2cnn(CC)c2)cc1. The fraction of sp³-hybridized carbons (Fsp3) is 0.250. The van der Waals surface area contributed by atoms with E-state index in [1.807, 2.05) is 6.92 Å². The van der Waals surface area contributed by atoms with E-state index in [1.165, 1.54) is 6.20 Å². The Morgan fingerprint density at radius 1 is 1.21 bits per heavy atom. The fourth-order valence-corrected chi connectivity index (χ4v) is 2.11. The van der Waals surface area contributed by atoms with Crippen LogP contribution in [0.2, 0.25) is 0 Å². The van der Waals surface area contributed by atoms with Crippen LogP contribution in [0, 0.1) is 0 Å². The number of nitrogens with one attached hydrogen (secondary N) is 2. The van der Waals surface area contributed by atoms with Crippen molar-refractivity contribution in [2.75, 3.05) is 11.9 Å². The van der Waals surface area contributed by atoms with E-state index in [0.29, 0.717) is 30.0 Å². The van der Waals surface area contributed by atoms with Gasteiger partial charge < -0.3 is 10.1 Å². The minimum atomic E-state index is -0.382.